The van der Waals surface area contributed by atoms with Crippen molar-refractivity contribution in [2.24, 2.45) is 9.98 Å². The summed E-state index contributed by atoms with van der Waals surface area (Å²) < 4.78 is 34.6. The summed E-state index contributed by atoms with van der Waals surface area (Å²) in [5, 5.41) is 11.3. The number of para-hydroxylation sites is 2. The molecular weight excluding hydrogens is 562 g/mol. The van der Waals surface area contributed by atoms with Crippen LogP contribution in [0.1, 0.15) is 52.5 Å². The van der Waals surface area contributed by atoms with Crippen LogP contribution in [-0.2, 0) is 15.7 Å². The highest BCUT2D eigenvalue weighted by Crippen LogP contribution is 2.34. The Labute approximate surface area is 257 Å². The zero-order valence-corrected chi connectivity index (χ0v) is 26.3. The maximum atomic E-state index is 13.4. The van der Waals surface area contributed by atoms with Gasteiger partial charge >= 0.3 is 0 Å². The number of benzene rings is 2. The third-order valence-electron chi connectivity index (χ3n) is 6.54. The molecule has 2 aromatic rings. The van der Waals surface area contributed by atoms with Gasteiger partial charge in [0.25, 0.3) is 5.90 Å². The Morgan fingerprint density at radius 3 is 2.49 bits per heavy atom. The van der Waals surface area contributed by atoms with E-state index in [9.17, 15) is 9.32 Å². The van der Waals surface area contributed by atoms with Gasteiger partial charge in [0.15, 0.2) is 11.5 Å². The van der Waals surface area contributed by atoms with Crippen LogP contribution in [0.3, 0.4) is 0 Å². The summed E-state index contributed by atoms with van der Waals surface area (Å²) in [4.78, 5) is 9.48. The minimum absolute atomic E-state index is 0.0187. The molecule has 0 saturated carbocycles. The molecule has 0 amide bonds. The lowest BCUT2D eigenvalue weighted by Gasteiger charge is -2.18. The highest BCUT2D eigenvalue weighted by molar-refractivity contribution is 7.86. The van der Waals surface area contributed by atoms with E-state index in [4.69, 9.17) is 19.2 Å². The first-order valence-corrected chi connectivity index (χ1v) is 15.5. The SMILES string of the molecule is C\C=C/N=C/C(C1=C(CC)CC(NS(=O)/C=C/c2ccccc2)=C(Oc2ccccc2OC)C(OCCO)=N1)=C(\C)CC. The normalized spacial score (nSPS) is 15.5. The molecule has 0 bridgehead atoms. The van der Waals surface area contributed by atoms with Gasteiger partial charge in [-0.05, 0) is 56.0 Å². The molecule has 2 N–H and O–H groups in total. The number of hydrogen-bond acceptors (Lipinski definition) is 7. The molecule has 0 aliphatic carbocycles. The molecule has 3 rings (SSSR count). The lowest BCUT2D eigenvalue weighted by atomic mass is 9.97. The molecule has 0 fully saturated rings. The van der Waals surface area contributed by atoms with Gasteiger partial charge in [0.05, 0.1) is 25.1 Å². The van der Waals surface area contributed by atoms with Crippen LogP contribution < -0.4 is 14.2 Å². The summed E-state index contributed by atoms with van der Waals surface area (Å²) in [6.07, 6.45) is 8.98. The first-order valence-electron chi connectivity index (χ1n) is 14.3. The molecule has 1 heterocycles. The highest BCUT2D eigenvalue weighted by atomic mass is 32.2. The molecule has 8 nitrogen and oxygen atoms in total. The number of aliphatic hydroxyl groups excluding tert-OH is 1. The van der Waals surface area contributed by atoms with Crippen LogP contribution in [-0.4, -0.2) is 41.8 Å². The molecule has 2 aromatic carbocycles. The van der Waals surface area contributed by atoms with Crippen LogP contribution in [0.25, 0.3) is 6.08 Å². The van der Waals surface area contributed by atoms with E-state index in [-0.39, 0.29) is 24.9 Å². The number of allylic oxidation sites excluding steroid dienone is 4. The molecule has 0 aromatic heterocycles. The van der Waals surface area contributed by atoms with E-state index in [1.165, 1.54) is 0 Å². The Hall–Kier alpha value is -4.21. The van der Waals surface area contributed by atoms with E-state index >= 15 is 0 Å². The van der Waals surface area contributed by atoms with Crippen molar-refractivity contribution in [3.05, 3.63) is 112 Å². The van der Waals surface area contributed by atoms with Gasteiger partial charge in [-0.25, -0.2) is 9.20 Å². The second kappa shape index (κ2) is 17.7. The molecule has 1 aliphatic rings. The molecule has 228 valence electrons. The van der Waals surface area contributed by atoms with Gasteiger partial charge in [0.2, 0.25) is 5.76 Å². The number of methoxy groups -OCH3 is 1. The average Bonchev–Trinajstić information content (AvgIpc) is 3.17. The molecule has 1 atom stereocenters. The van der Waals surface area contributed by atoms with Gasteiger partial charge in [0.1, 0.15) is 17.6 Å². The van der Waals surface area contributed by atoms with Crippen molar-refractivity contribution >= 4 is 29.2 Å². The van der Waals surface area contributed by atoms with Crippen molar-refractivity contribution in [1.82, 2.24) is 4.72 Å². The van der Waals surface area contributed by atoms with Crippen molar-refractivity contribution in [3.63, 3.8) is 0 Å². The fourth-order valence-electron chi connectivity index (χ4n) is 4.15. The summed E-state index contributed by atoms with van der Waals surface area (Å²) >= 11 is 0. The van der Waals surface area contributed by atoms with E-state index in [0.717, 1.165) is 28.7 Å². The molecule has 1 unspecified atom stereocenters. The van der Waals surface area contributed by atoms with E-state index in [1.54, 1.807) is 43.1 Å². The molecule has 9 heteroatoms. The van der Waals surface area contributed by atoms with Crippen LogP contribution in [0.4, 0.5) is 0 Å². The van der Waals surface area contributed by atoms with E-state index < -0.39 is 11.0 Å². The van der Waals surface area contributed by atoms with Crippen LogP contribution in [0.5, 0.6) is 11.5 Å². The topological polar surface area (TPSA) is 102 Å². The number of nitrogens with one attached hydrogen (secondary N) is 1. The standard InChI is InChI=1S/C34H41N3O5S/c1-6-19-35-24-28(25(4)7-2)32-27(8-3)23-29(37-43(39)22-18-26-14-10-9-11-15-26)33(34(36-32)41-21-20-38)42-31-17-13-12-16-30(31)40-5/h6,9-19,22,24,37-38H,7-8,20-21,23H2,1-5H3/b19-6-,22-18+,28-25-,35-24+. The van der Waals surface area contributed by atoms with Crippen molar-refractivity contribution < 1.29 is 23.5 Å². The Kier molecular flexibility index (Phi) is 13.7. The Morgan fingerprint density at radius 1 is 1.12 bits per heavy atom. The third-order valence-corrected chi connectivity index (χ3v) is 7.37. The maximum absolute atomic E-state index is 13.4. The minimum Gasteiger partial charge on any atom is -0.493 e. The third kappa shape index (κ3) is 9.66. The number of aliphatic imine (C=N–C) groups is 2. The Morgan fingerprint density at radius 2 is 1.84 bits per heavy atom. The number of ether oxygens (including phenoxy) is 3. The Bertz CT molecular complexity index is 1470. The first kappa shape index (κ1) is 33.3. The molecule has 0 radical (unpaired) electrons. The average molecular weight is 604 g/mol. The van der Waals surface area contributed by atoms with Crippen LogP contribution >= 0.6 is 0 Å². The quantitative estimate of drug-likeness (QED) is 0.226. The monoisotopic (exact) mass is 603 g/mol. The fraction of sp³-hybridized carbons (Fsp3) is 0.294. The zero-order valence-electron chi connectivity index (χ0n) is 25.5. The molecule has 0 saturated heterocycles. The molecular formula is C34H41N3O5S. The highest BCUT2D eigenvalue weighted by Gasteiger charge is 2.27. The summed E-state index contributed by atoms with van der Waals surface area (Å²) in [5.74, 6) is 1.34. The van der Waals surface area contributed by atoms with Gasteiger partial charge in [-0.2, -0.15) is 0 Å². The number of aliphatic hydroxyl groups is 1. The van der Waals surface area contributed by atoms with Crippen LogP contribution in [0.15, 0.2) is 116 Å². The van der Waals surface area contributed by atoms with Gasteiger partial charge in [0, 0.05) is 29.8 Å². The number of rotatable bonds is 14. The second-order valence-corrected chi connectivity index (χ2v) is 10.5. The Balaban J connectivity index is 2.22. The van der Waals surface area contributed by atoms with Crippen molar-refractivity contribution in [3.8, 4) is 11.5 Å². The first-order chi connectivity index (χ1) is 20.9. The molecule has 0 spiro atoms. The summed E-state index contributed by atoms with van der Waals surface area (Å²) in [7, 11) is -0.0548. The maximum Gasteiger partial charge on any atom is 0.260 e. The zero-order chi connectivity index (χ0) is 31.0. The van der Waals surface area contributed by atoms with Crippen LogP contribution in [0.2, 0.25) is 0 Å². The number of hydrogen-bond donors (Lipinski definition) is 2. The van der Waals surface area contributed by atoms with Crippen molar-refractivity contribution in [1.29, 1.82) is 0 Å². The van der Waals surface area contributed by atoms with E-state index in [1.807, 2.05) is 62.4 Å². The largest absolute Gasteiger partial charge is 0.493 e. The fourth-order valence-corrected chi connectivity index (χ4v) is 4.91. The lowest BCUT2D eigenvalue weighted by molar-refractivity contribution is 0.189. The summed E-state index contributed by atoms with van der Waals surface area (Å²) in [6.45, 7) is 7.84. The van der Waals surface area contributed by atoms with Gasteiger partial charge in [-0.15, -0.1) is 0 Å². The van der Waals surface area contributed by atoms with Gasteiger partial charge in [-0.1, -0.05) is 68.0 Å². The predicted octanol–water partition coefficient (Wildman–Crippen LogP) is 7.02. The smallest absolute Gasteiger partial charge is 0.260 e. The lowest BCUT2D eigenvalue weighted by Crippen LogP contribution is -2.24. The van der Waals surface area contributed by atoms with Crippen molar-refractivity contribution in [2.45, 2.75) is 47.0 Å². The van der Waals surface area contributed by atoms with Gasteiger partial charge in [-0.3, -0.25) is 4.99 Å². The summed E-state index contributed by atoms with van der Waals surface area (Å²) in [6, 6.07) is 16.9. The molecule has 1 aliphatic heterocycles. The van der Waals surface area contributed by atoms with Crippen molar-refractivity contribution in [2.75, 3.05) is 20.3 Å². The second-order valence-electron chi connectivity index (χ2n) is 9.45. The number of nitrogens with zero attached hydrogens (tertiary/aromatic N) is 2. The van der Waals surface area contributed by atoms with Crippen LogP contribution in [0, 0.1) is 0 Å². The van der Waals surface area contributed by atoms with Gasteiger partial charge < -0.3 is 24.0 Å². The molecule has 43 heavy (non-hydrogen) atoms. The summed E-state index contributed by atoms with van der Waals surface area (Å²) in [5.41, 5.74) is 5.08. The predicted molar refractivity (Wildman–Crippen MR) is 176 cm³/mol. The minimum atomic E-state index is -1.62. The van der Waals surface area contributed by atoms with E-state index in [2.05, 4.69) is 23.6 Å². The van der Waals surface area contributed by atoms with E-state index in [0.29, 0.717) is 35.7 Å².